The van der Waals surface area contributed by atoms with Crippen molar-refractivity contribution in [3.63, 3.8) is 0 Å². The molecule has 0 unspecified atom stereocenters. The fraction of sp³-hybridized carbons (Fsp3) is 0.333. The van der Waals surface area contributed by atoms with E-state index in [-0.39, 0.29) is 0 Å². The number of alkyl halides is 1. The standard InChI is InChI=1S/C9H10ClNO2S/c10-5-6-11-9(12)13-7-3-1-2-4-8(7)14/h1-3H,4-6H2,(H,11,12). The summed E-state index contributed by atoms with van der Waals surface area (Å²) in [6, 6.07) is 0. The van der Waals surface area contributed by atoms with Crippen molar-refractivity contribution >= 4 is 34.8 Å². The van der Waals surface area contributed by atoms with Crippen LogP contribution in [0.5, 0.6) is 0 Å². The first kappa shape index (κ1) is 11.2. The molecular weight excluding hydrogens is 222 g/mol. The number of hydrogen-bond acceptors (Lipinski definition) is 3. The summed E-state index contributed by atoms with van der Waals surface area (Å²) in [6.45, 7) is 0.385. The van der Waals surface area contributed by atoms with Crippen molar-refractivity contribution in [2.45, 2.75) is 6.42 Å². The maximum absolute atomic E-state index is 11.1. The second-order valence-electron chi connectivity index (χ2n) is 2.59. The number of thiocarbonyl (C=S) groups is 1. The van der Waals surface area contributed by atoms with Gasteiger partial charge in [-0.25, -0.2) is 4.79 Å². The molecule has 1 amide bonds. The number of carbonyl (C=O) groups excluding carboxylic acids is 1. The Labute approximate surface area is 92.8 Å². The van der Waals surface area contributed by atoms with E-state index in [9.17, 15) is 4.79 Å². The lowest BCUT2D eigenvalue weighted by Gasteiger charge is -2.10. The third-order valence-electron chi connectivity index (χ3n) is 1.53. The van der Waals surface area contributed by atoms with E-state index < -0.39 is 6.09 Å². The van der Waals surface area contributed by atoms with Gasteiger partial charge in [0.05, 0.1) is 4.86 Å². The molecule has 1 aliphatic rings. The Morgan fingerprint density at radius 1 is 1.71 bits per heavy atom. The molecule has 0 spiro atoms. The average Bonchev–Trinajstić information content (AvgIpc) is 2.18. The number of alkyl carbamates (subject to hydrolysis) is 1. The van der Waals surface area contributed by atoms with E-state index in [0.29, 0.717) is 29.5 Å². The van der Waals surface area contributed by atoms with Crippen LogP contribution in [-0.4, -0.2) is 23.4 Å². The molecule has 3 nitrogen and oxygen atoms in total. The number of hydrogen-bond donors (Lipinski definition) is 1. The third-order valence-corrected chi connectivity index (χ3v) is 2.09. The predicted molar refractivity (Wildman–Crippen MR) is 59.6 cm³/mol. The molecule has 1 aliphatic carbocycles. The molecule has 0 aliphatic heterocycles. The Hall–Kier alpha value is -0.870. The second-order valence-corrected chi connectivity index (χ2v) is 3.46. The molecule has 0 saturated heterocycles. The van der Waals surface area contributed by atoms with Crippen LogP contribution in [0, 0.1) is 0 Å². The van der Waals surface area contributed by atoms with Gasteiger partial charge in [-0.05, 0) is 6.08 Å². The zero-order chi connectivity index (χ0) is 10.4. The molecule has 1 N–H and O–H groups in total. The number of carbonyl (C=O) groups is 1. The summed E-state index contributed by atoms with van der Waals surface area (Å²) in [5.41, 5.74) is 0. The van der Waals surface area contributed by atoms with Gasteiger partial charge in [0.25, 0.3) is 0 Å². The largest absolute Gasteiger partial charge is 0.412 e. The Morgan fingerprint density at radius 2 is 2.50 bits per heavy atom. The van der Waals surface area contributed by atoms with Gasteiger partial charge in [0.1, 0.15) is 5.76 Å². The van der Waals surface area contributed by atoms with Crippen LogP contribution in [0.15, 0.2) is 24.0 Å². The van der Waals surface area contributed by atoms with Crippen molar-refractivity contribution in [1.29, 1.82) is 0 Å². The summed E-state index contributed by atoms with van der Waals surface area (Å²) in [4.78, 5) is 11.7. The van der Waals surface area contributed by atoms with E-state index in [4.69, 9.17) is 28.6 Å². The normalized spacial score (nSPS) is 14.9. The van der Waals surface area contributed by atoms with Crippen molar-refractivity contribution in [2.75, 3.05) is 12.4 Å². The van der Waals surface area contributed by atoms with E-state index in [1.807, 2.05) is 6.08 Å². The molecule has 0 aromatic carbocycles. The Bertz CT molecular complexity index is 299. The lowest BCUT2D eigenvalue weighted by molar-refractivity contribution is 0.181. The second kappa shape index (κ2) is 5.78. The molecule has 0 aromatic heterocycles. The lowest BCUT2D eigenvalue weighted by Crippen LogP contribution is -2.27. The highest BCUT2D eigenvalue weighted by Crippen LogP contribution is 2.11. The number of rotatable bonds is 3. The maximum Gasteiger partial charge on any atom is 0.412 e. The fourth-order valence-corrected chi connectivity index (χ4v) is 1.20. The van der Waals surface area contributed by atoms with Gasteiger partial charge in [0.2, 0.25) is 0 Å². The highest BCUT2D eigenvalue weighted by Gasteiger charge is 2.11. The number of ether oxygens (including phenoxy) is 1. The van der Waals surface area contributed by atoms with Crippen molar-refractivity contribution < 1.29 is 9.53 Å². The van der Waals surface area contributed by atoms with Crippen molar-refractivity contribution in [3.8, 4) is 0 Å². The van der Waals surface area contributed by atoms with Crippen LogP contribution < -0.4 is 5.32 Å². The molecule has 0 fully saturated rings. The summed E-state index contributed by atoms with van der Waals surface area (Å²) in [5, 5.41) is 2.48. The van der Waals surface area contributed by atoms with E-state index >= 15 is 0 Å². The summed E-state index contributed by atoms with van der Waals surface area (Å²) in [7, 11) is 0. The van der Waals surface area contributed by atoms with E-state index in [2.05, 4.69) is 5.32 Å². The number of nitrogens with one attached hydrogen (secondary N) is 1. The topological polar surface area (TPSA) is 38.3 Å². The molecule has 0 atom stereocenters. The van der Waals surface area contributed by atoms with Gasteiger partial charge in [0, 0.05) is 18.8 Å². The van der Waals surface area contributed by atoms with Crippen LogP contribution in [0.4, 0.5) is 4.79 Å². The van der Waals surface area contributed by atoms with Gasteiger partial charge in [-0.2, -0.15) is 0 Å². The van der Waals surface area contributed by atoms with Crippen LogP contribution in [0.1, 0.15) is 6.42 Å². The summed E-state index contributed by atoms with van der Waals surface area (Å²) >= 11 is 10.4. The van der Waals surface area contributed by atoms with Crippen LogP contribution in [0.25, 0.3) is 0 Å². The first-order chi connectivity index (χ1) is 6.74. The summed E-state index contributed by atoms with van der Waals surface area (Å²) in [6.07, 6.45) is 5.51. The quantitative estimate of drug-likeness (QED) is 0.598. The minimum Gasteiger partial charge on any atom is -0.409 e. The predicted octanol–water partition coefficient (Wildman–Crippen LogP) is 2.17. The van der Waals surface area contributed by atoms with Crippen molar-refractivity contribution in [1.82, 2.24) is 5.32 Å². The maximum atomic E-state index is 11.1. The first-order valence-electron chi connectivity index (χ1n) is 4.15. The summed E-state index contributed by atoms with van der Waals surface area (Å²) < 4.78 is 4.97. The Morgan fingerprint density at radius 3 is 3.14 bits per heavy atom. The molecule has 0 saturated carbocycles. The Balaban J connectivity index is 2.43. The van der Waals surface area contributed by atoms with Gasteiger partial charge in [-0.1, -0.05) is 24.4 Å². The van der Waals surface area contributed by atoms with Crippen molar-refractivity contribution in [3.05, 3.63) is 24.0 Å². The lowest BCUT2D eigenvalue weighted by atomic mass is 10.2. The van der Waals surface area contributed by atoms with Gasteiger partial charge in [-0.3, -0.25) is 0 Å². The molecule has 14 heavy (non-hydrogen) atoms. The minimum atomic E-state index is -0.519. The molecule has 76 valence electrons. The molecule has 0 heterocycles. The highest BCUT2D eigenvalue weighted by molar-refractivity contribution is 7.80. The van der Waals surface area contributed by atoms with E-state index in [1.54, 1.807) is 12.2 Å². The smallest absolute Gasteiger partial charge is 0.409 e. The fourth-order valence-electron chi connectivity index (χ4n) is 0.900. The van der Waals surface area contributed by atoms with Crippen LogP contribution >= 0.6 is 23.8 Å². The van der Waals surface area contributed by atoms with Gasteiger partial charge in [-0.15, -0.1) is 11.6 Å². The number of halogens is 1. The number of allylic oxidation sites excluding steroid dienone is 4. The minimum absolute atomic E-state index is 0.360. The SMILES string of the molecule is O=C(NCCCl)OC1=CC=CCC1=S. The highest BCUT2D eigenvalue weighted by atomic mass is 35.5. The Kier molecular flexibility index (Phi) is 4.62. The third kappa shape index (κ3) is 3.47. The average molecular weight is 232 g/mol. The molecular formula is C9H10ClNO2S. The van der Waals surface area contributed by atoms with Crippen LogP contribution in [-0.2, 0) is 4.74 Å². The summed E-state index contributed by atoms with van der Waals surface area (Å²) in [5.74, 6) is 0.799. The van der Waals surface area contributed by atoms with Crippen LogP contribution in [0.2, 0.25) is 0 Å². The van der Waals surface area contributed by atoms with E-state index in [0.717, 1.165) is 0 Å². The first-order valence-corrected chi connectivity index (χ1v) is 5.10. The van der Waals surface area contributed by atoms with E-state index in [1.165, 1.54) is 0 Å². The molecule has 0 radical (unpaired) electrons. The zero-order valence-corrected chi connectivity index (χ0v) is 9.03. The molecule has 1 rings (SSSR count). The van der Waals surface area contributed by atoms with Crippen molar-refractivity contribution in [2.24, 2.45) is 0 Å². The van der Waals surface area contributed by atoms with Crippen LogP contribution in [0.3, 0.4) is 0 Å². The molecule has 0 bridgehead atoms. The number of amides is 1. The molecule has 5 heteroatoms. The van der Waals surface area contributed by atoms with Gasteiger partial charge in [0.15, 0.2) is 0 Å². The van der Waals surface area contributed by atoms with Gasteiger partial charge >= 0.3 is 6.09 Å². The van der Waals surface area contributed by atoms with Gasteiger partial charge < -0.3 is 10.1 Å². The molecule has 0 aromatic rings. The monoisotopic (exact) mass is 231 g/mol. The zero-order valence-electron chi connectivity index (χ0n) is 7.46.